The number of hydrogen-bond acceptors (Lipinski definition) is 6. The fourth-order valence-corrected chi connectivity index (χ4v) is 5.95. The topological polar surface area (TPSA) is 127 Å². The average molecular weight is 520 g/mol. The van der Waals surface area contributed by atoms with Crippen LogP contribution in [0, 0.1) is 18.8 Å². The van der Waals surface area contributed by atoms with E-state index < -0.39 is 5.97 Å². The average Bonchev–Trinajstić information content (AvgIpc) is 3.11. The van der Waals surface area contributed by atoms with Gasteiger partial charge in [-0.15, -0.1) is 0 Å². The van der Waals surface area contributed by atoms with Gasteiger partial charge < -0.3 is 27.1 Å². The number of nitrogens with one attached hydrogen (secondary N) is 3. The smallest absolute Gasteiger partial charge is 1.00 e. The molecule has 13 heteroatoms. The van der Waals surface area contributed by atoms with Crippen LogP contribution in [-0.2, 0) is 11.2 Å². The molecule has 178 valence electrons. The van der Waals surface area contributed by atoms with Crippen molar-refractivity contribution in [3.8, 4) is 0 Å². The Bertz CT molecular complexity index is 1150. The zero-order chi connectivity index (χ0) is 23.4. The molecule has 1 aliphatic heterocycles. The molecular weight excluding hydrogens is 496 g/mol. The van der Waals surface area contributed by atoms with E-state index in [2.05, 4.69) is 20.6 Å². The Kier molecular flexibility index (Phi) is 7.28. The fourth-order valence-electron chi connectivity index (χ4n) is 4.59. The first kappa shape index (κ1) is 25.4. The van der Waals surface area contributed by atoms with E-state index in [9.17, 15) is 19.5 Å². The third-order valence-electron chi connectivity index (χ3n) is 6.72. The summed E-state index contributed by atoms with van der Waals surface area (Å²) in [6, 6.07) is 0.223. The Hall–Kier alpha value is -1.70. The number of halogens is 2. The summed E-state index contributed by atoms with van der Waals surface area (Å²) in [5.74, 6) is -1.05. The number of aromatic nitrogens is 2. The number of anilines is 1. The van der Waals surface area contributed by atoms with Gasteiger partial charge >= 0.3 is 24.8 Å². The molecule has 2 amide bonds. The minimum absolute atomic E-state index is 0. The minimum Gasteiger partial charge on any atom is -1.00 e. The molecule has 1 saturated heterocycles. The zero-order valence-corrected chi connectivity index (χ0v) is 21.1. The number of aryl methyl sites for hydroxylation is 1. The van der Waals surface area contributed by atoms with Crippen LogP contribution in [0.1, 0.15) is 52.2 Å². The molecule has 1 unspecified atom stereocenters. The summed E-state index contributed by atoms with van der Waals surface area (Å²) in [6.45, 7) is 3.07. The summed E-state index contributed by atoms with van der Waals surface area (Å²) in [4.78, 5) is 46.1. The number of thiazole rings is 1. The van der Waals surface area contributed by atoms with E-state index >= 15 is 0 Å². The Morgan fingerprint density at radius 3 is 2.41 bits per heavy atom. The van der Waals surface area contributed by atoms with Gasteiger partial charge in [-0.1, -0.05) is 34.5 Å². The number of piperidine rings is 1. The molecule has 3 heterocycles. The number of aromatic amines is 1. The van der Waals surface area contributed by atoms with Gasteiger partial charge in [0, 0.05) is 42.7 Å². The van der Waals surface area contributed by atoms with Gasteiger partial charge in [0.05, 0.1) is 22.2 Å². The van der Waals surface area contributed by atoms with Crippen molar-refractivity contribution >= 4 is 57.5 Å². The third kappa shape index (κ3) is 4.71. The van der Waals surface area contributed by atoms with E-state index in [-0.39, 0.29) is 78.0 Å². The van der Waals surface area contributed by atoms with Crippen LogP contribution in [0.2, 0.25) is 10.0 Å². The van der Waals surface area contributed by atoms with Crippen LogP contribution < -0.4 is 34.4 Å². The number of H-pyrrole nitrogens is 1. The summed E-state index contributed by atoms with van der Waals surface area (Å²) >= 11 is 13.3. The van der Waals surface area contributed by atoms with Crippen molar-refractivity contribution in [3.63, 3.8) is 0 Å². The number of carbonyl (C=O) groups is 3. The van der Waals surface area contributed by atoms with E-state index in [1.165, 1.54) is 0 Å². The molecule has 3 aliphatic rings. The molecule has 5 rings (SSSR count). The zero-order valence-electron chi connectivity index (χ0n) is 19.8. The van der Waals surface area contributed by atoms with Crippen LogP contribution in [0.3, 0.4) is 0 Å². The molecule has 0 aromatic carbocycles. The summed E-state index contributed by atoms with van der Waals surface area (Å²) < 4.78 is 0. The second-order valence-electron chi connectivity index (χ2n) is 8.93. The molecule has 2 aromatic heterocycles. The van der Waals surface area contributed by atoms with Gasteiger partial charge in [0.25, 0.3) is 5.91 Å². The summed E-state index contributed by atoms with van der Waals surface area (Å²) in [7, 11) is 0. The number of carboxylic acids is 1. The van der Waals surface area contributed by atoms with Gasteiger partial charge in [-0.25, -0.2) is 9.78 Å². The molecule has 3 atom stereocenters. The maximum absolute atomic E-state index is 12.6. The van der Waals surface area contributed by atoms with Gasteiger partial charge in [0.1, 0.15) is 10.6 Å². The SMILES string of the molecule is Cc1[nH]c(C(=O)NC2[C@H]3CN(c4nc(CC(=O)NC5CCC5)c(C(=O)O)s4)C[C@@H]23)c(Cl)c1Cl.[H-].[Li+]. The molecule has 4 N–H and O–H groups in total. The minimum atomic E-state index is -1.07. The van der Waals surface area contributed by atoms with Crippen LogP contribution >= 0.6 is 34.5 Å². The van der Waals surface area contributed by atoms with E-state index in [0.717, 1.165) is 30.6 Å². The first-order valence-corrected chi connectivity index (χ1v) is 12.4. The number of fused-ring (bicyclic) bond motifs is 1. The molecular formula is C21H24Cl2LiN5O4S. The fraction of sp³-hybridized carbons (Fsp3) is 0.524. The normalized spacial score (nSPS) is 23.0. The van der Waals surface area contributed by atoms with Gasteiger partial charge in [-0.05, 0) is 26.2 Å². The summed E-state index contributed by atoms with van der Waals surface area (Å²) in [5, 5.41) is 16.7. The molecule has 2 aliphatic carbocycles. The Morgan fingerprint density at radius 1 is 1.21 bits per heavy atom. The number of rotatable bonds is 7. The Labute approximate surface area is 223 Å². The van der Waals surface area contributed by atoms with Crippen molar-refractivity contribution in [1.29, 1.82) is 0 Å². The molecule has 0 bridgehead atoms. The molecule has 3 fully saturated rings. The van der Waals surface area contributed by atoms with E-state index in [1.54, 1.807) is 6.92 Å². The summed E-state index contributed by atoms with van der Waals surface area (Å²) in [6.07, 6.45) is 3.01. The Morgan fingerprint density at radius 2 is 1.88 bits per heavy atom. The van der Waals surface area contributed by atoms with Crippen molar-refractivity contribution in [3.05, 3.63) is 32.0 Å². The predicted molar refractivity (Wildman–Crippen MR) is 126 cm³/mol. The first-order chi connectivity index (χ1) is 15.7. The maximum Gasteiger partial charge on any atom is 1.00 e. The monoisotopic (exact) mass is 519 g/mol. The molecule has 2 saturated carbocycles. The van der Waals surface area contributed by atoms with E-state index in [0.29, 0.717) is 34.6 Å². The van der Waals surface area contributed by atoms with E-state index in [1.807, 2.05) is 4.90 Å². The number of carboxylic acid groups (broad SMARTS) is 1. The first-order valence-electron chi connectivity index (χ1n) is 10.8. The van der Waals surface area contributed by atoms with Gasteiger partial charge in [0.2, 0.25) is 5.91 Å². The van der Waals surface area contributed by atoms with Crippen LogP contribution in [0.15, 0.2) is 0 Å². The number of carbonyl (C=O) groups excluding carboxylic acids is 2. The second kappa shape index (κ2) is 9.74. The number of hydrogen-bond donors (Lipinski definition) is 4. The van der Waals surface area contributed by atoms with Crippen LogP contribution in [-0.4, -0.2) is 58.0 Å². The molecule has 2 aromatic rings. The molecule has 34 heavy (non-hydrogen) atoms. The van der Waals surface area contributed by atoms with Gasteiger partial charge in [-0.3, -0.25) is 9.59 Å². The quantitative estimate of drug-likeness (QED) is 0.380. The van der Waals surface area contributed by atoms with Crippen molar-refractivity contribution in [2.45, 2.75) is 44.7 Å². The van der Waals surface area contributed by atoms with Crippen molar-refractivity contribution < 1.29 is 39.8 Å². The largest absolute Gasteiger partial charge is 1.00 e. The standard InChI is InChI=1S/C21H23Cl2N5O4S.Li.H/c1-8-14(22)15(23)17(24-8)19(30)27-16-10-6-28(7-11(10)16)21-26-12(18(33-21)20(31)32)5-13(29)25-9-3-2-4-9;;/h9-11,16,24H,2-7H2,1H3,(H,25,29)(H,27,30)(H,31,32);;/q;+1;-1/t10-,11+,16?;;. The van der Waals surface area contributed by atoms with Crippen molar-refractivity contribution in [1.82, 2.24) is 20.6 Å². The predicted octanol–water partition coefficient (Wildman–Crippen LogP) is -0.0231. The van der Waals surface area contributed by atoms with E-state index in [4.69, 9.17) is 23.2 Å². The van der Waals surface area contributed by atoms with Crippen LogP contribution in [0.4, 0.5) is 5.13 Å². The van der Waals surface area contributed by atoms with Gasteiger partial charge in [-0.2, -0.15) is 0 Å². The van der Waals surface area contributed by atoms with Crippen molar-refractivity contribution in [2.24, 2.45) is 11.8 Å². The number of amides is 2. The number of aromatic carboxylic acids is 1. The van der Waals surface area contributed by atoms with Crippen LogP contribution in [0.5, 0.6) is 0 Å². The Balaban J connectivity index is 0.00000171. The van der Waals surface area contributed by atoms with Gasteiger partial charge in [0.15, 0.2) is 5.13 Å². The van der Waals surface area contributed by atoms with Crippen molar-refractivity contribution in [2.75, 3.05) is 18.0 Å². The third-order valence-corrected chi connectivity index (χ3v) is 8.82. The summed E-state index contributed by atoms with van der Waals surface area (Å²) in [5.41, 5.74) is 1.21. The van der Waals surface area contributed by atoms with Crippen LogP contribution in [0.25, 0.3) is 0 Å². The molecule has 0 radical (unpaired) electrons. The number of nitrogens with zero attached hydrogens (tertiary/aromatic N) is 2. The molecule has 0 spiro atoms. The maximum atomic E-state index is 12.6. The second-order valence-corrected chi connectivity index (χ2v) is 10.7. The molecule has 9 nitrogen and oxygen atoms in total.